The number of nitrogens with zero attached hydrogens (tertiary/aromatic N) is 1. The fourth-order valence-electron chi connectivity index (χ4n) is 5.57. The fraction of sp³-hybridized carbons (Fsp3) is 0.867. The molecule has 2 rings (SSSR count). The summed E-state index contributed by atoms with van der Waals surface area (Å²) in [4.78, 5) is 22.0. The third-order valence-corrected chi connectivity index (χ3v) is 9.65. The second kappa shape index (κ2) is 20.1. The van der Waals surface area contributed by atoms with Gasteiger partial charge in [-0.05, 0) is 13.3 Å². The maximum atomic E-state index is 12.4. The highest BCUT2D eigenvalue weighted by molar-refractivity contribution is 7.47. The van der Waals surface area contributed by atoms with Crippen molar-refractivity contribution in [3.05, 3.63) is 17.1 Å². The number of rotatable bonds is 25. The van der Waals surface area contributed by atoms with Gasteiger partial charge in [0.25, 0.3) is 0 Å². The second-order valence-electron chi connectivity index (χ2n) is 11.3. The zero-order valence-electron chi connectivity index (χ0n) is 25.2. The highest BCUT2D eigenvalue weighted by Crippen LogP contribution is 2.45. The van der Waals surface area contributed by atoms with Crippen molar-refractivity contribution in [1.82, 2.24) is 0 Å². The summed E-state index contributed by atoms with van der Waals surface area (Å²) >= 11 is 1.54. The average Bonchev–Trinajstić information content (AvgIpc) is 3.57. The molecule has 0 bridgehead atoms. The maximum absolute atomic E-state index is 12.4. The van der Waals surface area contributed by atoms with Crippen LogP contribution >= 0.6 is 19.2 Å². The number of cyclic esters (lactones) is 1. The topological polar surface area (TPSA) is 95.2 Å². The summed E-state index contributed by atoms with van der Waals surface area (Å²) in [7, 11) is -2.98. The summed E-state index contributed by atoms with van der Waals surface area (Å²) in [5, 5.41) is 1.95. The van der Waals surface area contributed by atoms with Gasteiger partial charge < -0.3 is 14.4 Å². The molecule has 8 nitrogen and oxygen atoms in total. The van der Waals surface area contributed by atoms with Crippen molar-refractivity contribution >= 4 is 25.1 Å². The van der Waals surface area contributed by atoms with E-state index in [0.717, 1.165) is 20.0 Å². The molecule has 1 aromatic rings. The number of thiazole rings is 1. The van der Waals surface area contributed by atoms with Gasteiger partial charge in [0.05, 0.1) is 24.7 Å². The van der Waals surface area contributed by atoms with Crippen LogP contribution in [0, 0.1) is 0 Å². The molecule has 10 heteroatoms. The number of esters is 1. The van der Waals surface area contributed by atoms with Crippen molar-refractivity contribution in [3.8, 4) is 0 Å². The van der Waals surface area contributed by atoms with Crippen LogP contribution < -0.4 is 4.57 Å². The molecular formula is C30H55NO7PS+. The lowest BCUT2D eigenvalue weighted by Gasteiger charge is -2.30. The van der Waals surface area contributed by atoms with E-state index < -0.39 is 13.4 Å². The van der Waals surface area contributed by atoms with E-state index in [1.807, 2.05) is 21.7 Å². The molecule has 4 atom stereocenters. The predicted octanol–water partition coefficient (Wildman–Crippen LogP) is 8.08. The number of ether oxygens (including phenoxy) is 2. The van der Waals surface area contributed by atoms with Gasteiger partial charge in [-0.2, -0.15) is 4.57 Å². The van der Waals surface area contributed by atoms with Gasteiger partial charge in [0.15, 0.2) is 11.8 Å². The monoisotopic (exact) mass is 604 g/mol. The summed E-state index contributed by atoms with van der Waals surface area (Å²) in [5.74, 6) is -0.280. The number of hydrogen-bond acceptors (Lipinski definition) is 7. The van der Waals surface area contributed by atoms with E-state index in [1.165, 1.54) is 83.5 Å². The SMILES string of the molecule is CCCCCCCCCCCCCCCCC(C)OCCC1(CCOP(=O)(O)OC)OC(=O)CC1[n+]1ccsc1. The average molecular weight is 605 g/mol. The molecule has 1 aliphatic rings. The third-order valence-electron chi connectivity index (χ3n) is 8.04. The van der Waals surface area contributed by atoms with E-state index in [2.05, 4.69) is 18.4 Å². The lowest BCUT2D eigenvalue weighted by molar-refractivity contribution is -0.728. The van der Waals surface area contributed by atoms with E-state index >= 15 is 0 Å². The highest BCUT2D eigenvalue weighted by atomic mass is 32.1. The summed E-state index contributed by atoms with van der Waals surface area (Å²) in [5.41, 5.74) is 1.08. The minimum Gasteiger partial charge on any atom is -0.452 e. The molecule has 4 unspecified atom stereocenters. The number of carbonyl (C=O) groups is 1. The molecule has 0 saturated carbocycles. The van der Waals surface area contributed by atoms with Crippen LogP contribution in [0.25, 0.3) is 0 Å². The van der Waals surface area contributed by atoms with Crippen LogP contribution in [0.5, 0.6) is 0 Å². The Morgan fingerprint density at radius 3 is 2.15 bits per heavy atom. The standard InChI is InChI=1S/C30H54NO7PS/c1-4-5-6-7-8-9-10-11-12-13-14-15-16-17-18-27(2)36-22-19-30(20-23-37-39(33,34)35-3)28(25-29(32)38-30)31-21-24-40-26-31/h21,24,26-28H,4-20,22-23,25H2,1-3H3/p+1. The minimum atomic E-state index is -4.11. The molecule has 232 valence electrons. The van der Waals surface area contributed by atoms with Crippen molar-refractivity contribution in [3.63, 3.8) is 0 Å². The predicted molar refractivity (Wildman–Crippen MR) is 159 cm³/mol. The molecule has 1 N–H and O–H groups in total. The van der Waals surface area contributed by atoms with Gasteiger partial charge in [0, 0.05) is 20.0 Å². The Hall–Kier alpha value is -0.830. The van der Waals surface area contributed by atoms with Crippen LogP contribution in [-0.2, 0) is 27.9 Å². The van der Waals surface area contributed by atoms with Crippen LogP contribution in [0.3, 0.4) is 0 Å². The number of carbonyl (C=O) groups excluding carboxylic acids is 1. The van der Waals surface area contributed by atoms with E-state index in [1.54, 1.807) is 11.3 Å². The molecular weight excluding hydrogens is 549 g/mol. The van der Waals surface area contributed by atoms with E-state index in [-0.39, 0.29) is 37.6 Å². The first kappa shape index (κ1) is 35.4. The van der Waals surface area contributed by atoms with Gasteiger partial charge in [0.2, 0.25) is 11.6 Å². The Labute approximate surface area is 246 Å². The van der Waals surface area contributed by atoms with Crippen molar-refractivity contribution in [1.29, 1.82) is 0 Å². The second-order valence-corrected chi connectivity index (χ2v) is 13.6. The number of phosphoric acid groups is 1. The Bertz CT molecular complexity index is 840. The maximum Gasteiger partial charge on any atom is 0.471 e. The first-order valence-corrected chi connectivity index (χ1v) is 18.0. The molecule has 2 heterocycles. The number of unbranched alkanes of at least 4 members (excludes halogenated alkanes) is 13. The van der Waals surface area contributed by atoms with Crippen LogP contribution in [0.15, 0.2) is 17.1 Å². The van der Waals surface area contributed by atoms with Gasteiger partial charge in [-0.1, -0.05) is 108 Å². The fourth-order valence-corrected chi connectivity index (χ4v) is 6.64. The zero-order chi connectivity index (χ0) is 29.1. The largest absolute Gasteiger partial charge is 0.471 e. The van der Waals surface area contributed by atoms with Gasteiger partial charge in [-0.25, -0.2) is 4.57 Å². The number of hydrogen-bond donors (Lipinski definition) is 1. The van der Waals surface area contributed by atoms with Crippen molar-refractivity contribution in [2.75, 3.05) is 20.3 Å². The van der Waals surface area contributed by atoms with Gasteiger partial charge in [0.1, 0.15) is 6.42 Å². The Balaban J connectivity index is 1.63. The lowest BCUT2D eigenvalue weighted by atomic mass is 9.87. The van der Waals surface area contributed by atoms with Crippen LogP contribution in [-0.4, -0.2) is 42.9 Å². The zero-order valence-corrected chi connectivity index (χ0v) is 26.9. The van der Waals surface area contributed by atoms with Crippen molar-refractivity contribution < 1.29 is 37.3 Å². The first-order chi connectivity index (χ1) is 19.3. The lowest BCUT2D eigenvalue weighted by Crippen LogP contribution is -2.51. The molecule has 0 aromatic carbocycles. The van der Waals surface area contributed by atoms with Gasteiger partial charge in [-0.15, -0.1) is 0 Å². The number of aromatic nitrogens is 1. The molecule has 0 amide bonds. The molecule has 0 spiro atoms. The van der Waals surface area contributed by atoms with Crippen LogP contribution in [0.1, 0.15) is 135 Å². The summed E-state index contributed by atoms with van der Waals surface area (Å²) < 4.78 is 35.4. The summed E-state index contributed by atoms with van der Waals surface area (Å²) in [6.45, 7) is 4.75. The van der Waals surface area contributed by atoms with E-state index in [0.29, 0.717) is 13.0 Å². The van der Waals surface area contributed by atoms with Gasteiger partial charge in [-0.3, -0.25) is 13.8 Å². The summed E-state index contributed by atoms with van der Waals surface area (Å²) in [6.07, 6.45) is 23.0. The minimum absolute atomic E-state index is 0.0648. The van der Waals surface area contributed by atoms with E-state index in [9.17, 15) is 14.3 Å². The highest BCUT2D eigenvalue weighted by Gasteiger charge is 2.55. The molecule has 40 heavy (non-hydrogen) atoms. The third kappa shape index (κ3) is 13.9. The van der Waals surface area contributed by atoms with Crippen LogP contribution in [0.4, 0.5) is 0 Å². The Kier molecular flexibility index (Phi) is 17.8. The van der Waals surface area contributed by atoms with Crippen molar-refractivity contribution in [2.45, 2.75) is 147 Å². The molecule has 1 aliphatic heterocycles. The molecule has 1 fully saturated rings. The van der Waals surface area contributed by atoms with E-state index in [4.69, 9.17) is 14.0 Å². The number of phosphoric ester groups is 1. The Morgan fingerprint density at radius 1 is 1.02 bits per heavy atom. The molecule has 1 saturated heterocycles. The molecule has 0 radical (unpaired) electrons. The summed E-state index contributed by atoms with van der Waals surface area (Å²) in [6, 6.07) is -0.222. The molecule has 1 aromatic heterocycles. The molecule has 0 aliphatic carbocycles. The first-order valence-electron chi connectivity index (χ1n) is 15.6. The Morgan fingerprint density at radius 2 is 1.60 bits per heavy atom. The quantitative estimate of drug-likeness (QED) is 0.0522. The van der Waals surface area contributed by atoms with Gasteiger partial charge >= 0.3 is 13.8 Å². The normalized spacial score (nSPS) is 21.4. The van der Waals surface area contributed by atoms with Crippen molar-refractivity contribution in [2.24, 2.45) is 0 Å². The smallest absolute Gasteiger partial charge is 0.452 e. The van der Waals surface area contributed by atoms with Crippen LogP contribution in [0.2, 0.25) is 0 Å².